The number of likely N-dealkylation sites (tertiary alicyclic amines) is 1. The van der Waals surface area contributed by atoms with Gasteiger partial charge < -0.3 is 14.9 Å². The summed E-state index contributed by atoms with van der Waals surface area (Å²) in [7, 11) is 0. The largest absolute Gasteiger partial charge is 0.573 e. The van der Waals surface area contributed by atoms with E-state index in [4.69, 9.17) is 0 Å². The number of nitrogens with zero attached hydrogens (tertiary/aromatic N) is 1. The van der Waals surface area contributed by atoms with E-state index in [1.54, 1.807) is 0 Å². The van der Waals surface area contributed by atoms with Gasteiger partial charge in [0.05, 0.1) is 18.3 Å². The average molecular weight is 484 g/mol. The van der Waals surface area contributed by atoms with Crippen molar-refractivity contribution in [3.8, 4) is 5.75 Å². The quantitative estimate of drug-likeness (QED) is 0.525. The lowest BCUT2D eigenvalue weighted by Crippen LogP contribution is -2.57. The number of imide groups is 1. The Morgan fingerprint density at radius 1 is 1.12 bits per heavy atom. The maximum atomic E-state index is 13.5. The van der Waals surface area contributed by atoms with Crippen molar-refractivity contribution in [1.29, 1.82) is 0 Å². The van der Waals surface area contributed by atoms with Gasteiger partial charge in [-0.2, -0.15) is 0 Å². The zero-order valence-electron chi connectivity index (χ0n) is 17.9. The fraction of sp³-hybridized carbons (Fsp3) is 0.545. The van der Waals surface area contributed by atoms with Gasteiger partial charge in [0.15, 0.2) is 0 Å². The van der Waals surface area contributed by atoms with Crippen LogP contribution >= 0.6 is 0 Å². The molecule has 3 fully saturated rings. The number of rotatable bonds is 6. The first-order chi connectivity index (χ1) is 15.9. The van der Waals surface area contributed by atoms with E-state index in [0.29, 0.717) is 12.8 Å². The molecule has 1 saturated carbocycles. The Balaban J connectivity index is 1.79. The normalized spacial score (nSPS) is 29.9. The van der Waals surface area contributed by atoms with Gasteiger partial charge >= 0.3 is 18.3 Å². The van der Waals surface area contributed by atoms with Crippen molar-refractivity contribution in [2.75, 3.05) is 0 Å². The third-order valence-corrected chi connectivity index (χ3v) is 6.89. The molecule has 34 heavy (non-hydrogen) atoms. The number of amides is 2. The van der Waals surface area contributed by atoms with Gasteiger partial charge in [-0.15, -0.1) is 13.2 Å². The molecular formula is C22H23F3N2O7. The number of aliphatic carboxylic acids is 2. The summed E-state index contributed by atoms with van der Waals surface area (Å²) in [6.45, 7) is 0. The molecule has 2 saturated heterocycles. The van der Waals surface area contributed by atoms with E-state index >= 15 is 0 Å². The molecule has 0 bridgehead atoms. The fourth-order valence-corrected chi connectivity index (χ4v) is 5.59. The minimum atomic E-state index is -4.98. The van der Waals surface area contributed by atoms with Gasteiger partial charge in [0.25, 0.3) is 0 Å². The molecule has 4 atom stereocenters. The first-order valence-corrected chi connectivity index (χ1v) is 10.9. The molecule has 1 aromatic rings. The highest BCUT2D eigenvalue weighted by molar-refractivity contribution is 6.10. The van der Waals surface area contributed by atoms with Crippen LogP contribution in [-0.4, -0.2) is 56.8 Å². The third kappa shape index (κ3) is 4.10. The van der Waals surface area contributed by atoms with Crippen molar-refractivity contribution in [3.63, 3.8) is 0 Å². The Labute approximate surface area is 191 Å². The first kappa shape index (κ1) is 24.0. The van der Waals surface area contributed by atoms with Crippen LogP contribution in [0, 0.1) is 11.8 Å². The molecule has 4 rings (SSSR count). The van der Waals surface area contributed by atoms with E-state index < -0.39 is 71.7 Å². The number of fused-ring (bicyclic) bond motifs is 1. The summed E-state index contributed by atoms with van der Waals surface area (Å²) < 4.78 is 42.1. The molecule has 0 aromatic heterocycles. The standard InChI is InChI=1S/C22H23F3N2O7/c23-22(24,25)34-13-8-4-5-11(9-13)17-15-16(21(26-17,20(32)33)10-14(28)29)19(31)27(18(15)30)12-6-2-1-3-7-12/h4-5,8-9,12,15-17,26H,1-3,6-7,10H2,(H,28,29)(H,32,33). The van der Waals surface area contributed by atoms with Crippen LogP contribution in [0.5, 0.6) is 5.75 Å². The van der Waals surface area contributed by atoms with E-state index in [0.717, 1.165) is 36.3 Å². The predicted octanol–water partition coefficient (Wildman–Crippen LogP) is 2.46. The van der Waals surface area contributed by atoms with Crippen LogP contribution in [0.1, 0.15) is 50.1 Å². The summed E-state index contributed by atoms with van der Waals surface area (Å²) in [4.78, 5) is 52.0. The Morgan fingerprint density at radius 2 is 1.79 bits per heavy atom. The van der Waals surface area contributed by atoms with Crippen LogP contribution in [0.2, 0.25) is 0 Å². The van der Waals surface area contributed by atoms with Crippen molar-refractivity contribution in [3.05, 3.63) is 29.8 Å². The zero-order chi connectivity index (χ0) is 24.8. The van der Waals surface area contributed by atoms with Gasteiger partial charge in [-0.3, -0.25) is 29.4 Å². The number of hydrogen-bond acceptors (Lipinski definition) is 6. The highest BCUT2D eigenvalue weighted by Crippen LogP contribution is 2.51. The summed E-state index contributed by atoms with van der Waals surface area (Å²) in [5, 5.41) is 22.1. The number of carboxylic acid groups (broad SMARTS) is 2. The van der Waals surface area contributed by atoms with Crippen molar-refractivity contribution < 1.29 is 47.3 Å². The molecule has 184 valence electrons. The molecule has 1 aromatic carbocycles. The maximum absolute atomic E-state index is 13.5. The first-order valence-electron chi connectivity index (χ1n) is 10.9. The molecule has 9 nitrogen and oxygen atoms in total. The minimum Gasteiger partial charge on any atom is -0.481 e. The van der Waals surface area contributed by atoms with Gasteiger partial charge in [-0.05, 0) is 30.5 Å². The summed E-state index contributed by atoms with van der Waals surface area (Å²) in [6.07, 6.45) is -2.34. The van der Waals surface area contributed by atoms with Crippen LogP contribution in [0.3, 0.4) is 0 Å². The molecule has 2 amide bonds. The number of hydrogen-bond donors (Lipinski definition) is 3. The van der Waals surface area contributed by atoms with Crippen LogP contribution in [0.15, 0.2) is 24.3 Å². The Kier molecular flexibility index (Phi) is 6.05. The average Bonchev–Trinajstić information content (AvgIpc) is 3.22. The topological polar surface area (TPSA) is 133 Å². The Bertz CT molecular complexity index is 1020. The van der Waals surface area contributed by atoms with Gasteiger partial charge in [0, 0.05) is 12.1 Å². The molecule has 12 heteroatoms. The van der Waals surface area contributed by atoms with Gasteiger partial charge in [-0.1, -0.05) is 31.4 Å². The second-order valence-electron chi connectivity index (χ2n) is 8.93. The van der Waals surface area contributed by atoms with E-state index in [9.17, 15) is 42.6 Å². The van der Waals surface area contributed by atoms with Crippen LogP contribution in [-0.2, 0) is 19.2 Å². The van der Waals surface area contributed by atoms with Crippen molar-refractivity contribution in [1.82, 2.24) is 10.2 Å². The molecule has 0 radical (unpaired) electrons. The molecule has 2 heterocycles. The highest BCUT2D eigenvalue weighted by Gasteiger charge is 2.69. The second-order valence-corrected chi connectivity index (χ2v) is 8.93. The van der Waals surface area contributed by atoms with Crippen molar-refractivity contribution in [2.24, 2.45) is 11.8 Å². The molecule has 2 aliphatic heterocycles. The minimum absolute atomic E-state index is 0.0805. The SMILES string of the molecule is O=C(O)CC1(C(=O)O)NC(c2cccc(OC(F)(F)F)c2)C2C(=O)N(C3CCCCC3)C(=O)C21. The van der Waals surface area contributed by atoms with E-state index in [-0.39, 0.29) is 5.56 Å². The number of ether oxygens (including phenoxy) is 1. The predicted molar refractivity (Wildman–Crippen MR) is 107 cm³/mol. The number of carboxylic acids is 2. The summed E-state index contributed by atoms with van der Waals surface area (Å²) in [5.74, 6) is -7.92. The third-order valence-electron chi connectivity index (χ3n) is 6.89. The van der Waals surface area contributed by atoms with Gasteiger partial charge in [0.1, 0.15) is 11.3 Å². The number of halogens is 3. The van der Waals surface area contributed by atoms with Gasteiger partial charge in [0.2, 0.25) is 11.8 Å². The number of carbonyl (C=O) groups is 4. The molecule has 3 N–H and O–H groups in total. The number of alkyl halides is 3. The lowest BCUT2D eigenvalue weighted by Gasteiger charge is -2.34. The van der Waals surface area contributed by atoms with Crippen molar-refractivity contribution in [2.45, 2.75) is 62.5 Å². The van der Waals surface area contributed by atoms with E-state index in [1.165, 1.54) is 12.1 Å². The number of benzene rings is 1. The van der Waals surface area contributed by atoms with E-state index in [1.807, 2.05) is 0 Å². The van der Waals surface area contributed by atoms with Crippen LogP contribution < -0.4 is 10.1 Å². The zero-order valence-corrected chi connectivity index (χ0v) is 17.9. The Morgan fingerprint density at radius 3 is 2.38 bits per heavy atom. The number of nitrogens with one attached hydrogen (secondary N) is 1. The molecular weight excluding hydrogens is 461 g/mol. The van der Waals surface area contributed by atoms with Gasteiger partial charge in [-0.25, -0.2) is 0 Å². The van der Waals surface area contributed by atoms with Crippen LogP contribution in [0.4, 0.5) is 13.2 Å². The molecule has 0 spiro atoms. The molecule has 1 aliphatic carbocycles. The Hall–Kier alpha value is -3.15. The molecule has 4 unspecified atom stereocenters. The smallest absolute Gasteiger partial charge is 0.481 e. The molecule has 3 aliphatic rings. The lowest BCUT2D eigenvalue weighted by molar-refractivity contribution is -0.274. The summed E-state index contributed by atoms with van der Waals surface area (Å²) in [5.41, 5.74) is -2.23. The summed E-state index contributed by atoms with van der Waals surface area (Å²) >= 11 is 0. The number of carbonyl (C=O) groups excluding carboxylic acids is 2. The lowest BCUT2D eigenvalue weighted by atomic mass is 9.77. The summed E-state index contributed by atoms with van der Waals surface area (Å²) in [6, 6.07) is 3.03. The van der Waals surface area contributed by atoms with E-state index in [2.05, 4.69) is 10.1 Å². The highest BCUT2D eigenvalue weighted by atomic mass is 19.4. The second kappa shape index (κ2) is 8.57. The monoisotopic (exact) mass is 484 g/mol. The van der Waals surface area contributed by atoms with Crippen molar-refractivity contribution >= 4 is 23.8 Å². The van der Waals surface area contributed by atoms with Crippen LogP contribution in [0.25, 0.3) is 0 Å². The maximum Gasteiger partial charge on any atom is 0.573 e. The fourth-order valence-electron chi connectivity index (χ4n) is 5.59.